The summed E-state index contributed by atoms with van der Waals surface area (Å²) in [5, 5.41) is 16.8. The predicted octanol–water partition coefficient (Wildman–Crippen LogP) is 0.804. The number of aromatic nitrogens is 2. The molecule has 0 saturated heterocycles. The molecule has 1 heterocycles. The Hall–Kier alpha value is -1.68. The first kappa shape index (κ1) is 16.4. The molecule has 0 aliphatic rings. The number of carbonyl (C=O) groups excluding carboxylic acids is 1. The van der Waals surface area contributed by atoms with Crippen LogP contribution < -0.4 is 5.32 Å². The van der Waals surface area contributed by atoms with E-state index < -0.39 is 36.6 Å². The molecular formula is C9H13ClN4O5S. The molecule has 0 bridgehead atoms. The van der Waals surface area contributed by atoms with Gasteiger partial charge in [0.1, 0.15) is 6.04 Å². The topological polar surface area (TPSA) is 124 Å². The molecule has 0 aliphatic carbocycles. The van der Waals surface area contributed by atoms with E-state index in [2.05, 4.69) is 10.4 Å². The molecule has 0 radical (unpaired) electrons. The average Bonchev–Trinajstić information content (AvgIpc) is 2.71. The lowest BCUT2D eigenvalue weighted by atomic mass is 10.3. The highest BCUT2D eigenvalue weighted by atomic mass is 35.7. The smallest absolute Gasteiger partial charge is 0.358 e. The van der Waals surface area contributed by atoms with Crippen molar-refractivity contribution in [1.29, 1.82) is 0 Å². The van der Waals surface area contributed by atoms with E-state index in [1.807, 2.05) is 0 Å². The summed E-state index contributed by atoms with van der Waals surface area (Å²) in [6.07, 6.45) is 0.866. The summed E-state index contributed by atoms with van der Waals surface area (Å²) in [6, 6.07) is -1.05. The summed E-state index contributed by atoms with van der Waals surface area (Å²) in [6.45, 7) is 4.91. The molecule has 1 rings (SSSR count). The second-order valence-corrected chi connectivity index (χ2v) is 6.87. The monoisotopic (exact) mass is 324 g/mol. The molecule has 1 unspecified atom stereocenters. The van der Waals surface area contributed by atoms with Crippen molar-refractivity contribution >= 4 is 31.5 Å². The highest BCUT2D eigenvalue weighted by Gasteiger charge is 2.32. The van der Waals surface area contributed by atoms with Crippen molar-refractivity contribution in [3.05, 3.63) is 16.3 Å². The Labute approximate surface area is 119 Å². The van der Waals surface area contributed by atoms with Gasteiger partial charge in [-0.05, 0) is 25.7 Å². The minimum Gasteiger partial charge on any atom is -0.358 e. The minimum absolute atomic E-state index is 0.133. The van der Waals surface area contributed by atoms with Gasteiger partial charge in [0.05, 0.1) is 11.3 Å². The van der Waals surface area contributed by atoms with Gasteiger partial charge in [0.2, 0.25) is 10.8 Å². The number of hydrogen-bond acceptors (Lipinski definition) is 6. The fourth-order valence-corrected chi connectivity index (χ4v) is 2.28. The zero-order valence-electron chi connectivity index (χ0n) is 10.9. The molecule has 0 saturated carbocycles. The Morgan fingerprint density at radius 2 is 2.05 bits per heavy atom. The Balaban J connectivity index is 3.22. The van der Waals surface area contributed by atoms with Crippen molar-refractivity contribution < 1.29 is 18.1 Å². The fourth-order valence-electron chi connectivity index (χ4n) is 1.39. The molecule has 1 amide bonds. The van der Waals surface area contributed by atoms with Crippen molar-refractivity contribution in [2.45, 2.75) is 37.8 Å². The maximum Gasteiger partial charge on any atom is 0.410 e. The number of amides is 1. The van der Waals surface area contributed by atoms with Gasteiger partial charge >= 0.3 is 5.82 Å². The molecule has 11 heteroatoms. The molecule has 0 fully saturated rings. The number of carbonyl (C=O) groups is 1. The maximum atomic E-state index is 11.8. The second-order valence-electron chi connectivity index (χ2n) is 4.33. The van der Waals surface area contributed by atoms with E-state index in [0.29, 0.717) is 0 Å². The first-order valence-electron chi connectivity index (χ1n) is 5.52. The molecule has 112 valence electrons. The molecule has 0 spiro atoms. The van der Waals surface area contributed by atoms with E-state index in [-0.39, 0.29) is 6.04 Å². The standard InChI is InChI=1S/C9H13ClN4O5S/c1-5(2)11-9(15)6(3)13-4-7(20(10,18)19)8(12-13)14(16)17/h4-6H,1-3H3,(H,11,15). The van der Waals surface area contributed by atoms with Crippen LogP contribution in [0.3, 0.4) is 0 Å². The third-order valence-corrected chi connectivity index (χ3v) is 3.63. The van der Waals surface area contributed by atoms with Crippen molar-refractivity contribution in [2.75, 3.05) is 0 Å². The fraction of sp³-hybridized carbons (Fsp3) is 0.556. The highest BCUT2D eigenvalue weighted by molar-refractivity contribution is 8.13. The van der Waals surface area contributed by atoms with Gasteiger partial charge in [-0.1, -0.05) is 0 Å². The van der Waals surface area contributed by atoms with Crippen LogP contribution in [-0.4, -0.2) is 35.1 Å². The first-order chi connectivity index (χ1) is 9.04. The van der Waals surface area contributed by atoms with E-state index in [0.717, 1.165) is 10.9 Å². The van der Waals surface area contributed by atoms with Gasteiger partial charge in [0.15, 0.2) is 0 Å². The van der Waals surface area contributed by atoms with Crippen molar-refractivity contribution in [3.8, 4) is 0 Å². The van der Waals surface area contributed by atoms with Gasteiger partial charge < -0.3 is 15.4 Å². The van der Waals surface area contributed by atoms with Crippen LogP contribution in [0.25, 0.3) is 0 Å². The molecule has 20 heavy (non-hydrogen) atoms. The maximum absolute atomic E-state index is 11.8. The summed E-state index contributed by atoms with van der Waals surface area (Å²) >= 11 is 0. The number of nitro groups is 1. The zero-order chi connectivity index (χ0) is 15.7. The third kappa shape index (κ3) is 3.67. The van der Waals surface area contributed by atoms with Gasteiger partial charge in [-0.2, -0.15) is 4.68 Å². The third-order valence-electron chi connectivity index (χ3n) is 2.32. The second kappa shape index (κ2) is 5.75. The van der Waals surface area contributed by atoms with Crippen LogP contribution in [0.4, 0.5) is 5.82 Å². The Morgan fingerprint density at radius 3 is 2.40 bits per heavy atom. The Kier molecular flexibility index (Phi) is 4.71. The summed E-state index contributed by atoms with van der Waals surface area (Å²) in [7, 11) is 0.779. The van der Waals surface area contributed by atoms with Crippen molar-refractivity contribution in [1.82, 2.24) is 15.1 Å². The normalized spacial score (nSPS) is 13.2. The van der Waals surface area contributed by atoms with E-state index in [1.165, 1.54) is 6.92 Å². The molecular weight excluding hydrogens is 312 g/mol. The summed E-state index contributed by atoms with van der Waals surface area (Å²) < 4.78 is 23.4. The molecule has 1 atom stereocenters. The van der Waals surface area contributed by atoms with E-state index in [4.69, 9.17) is 10.7 Å². The van der Waals surface area contributed by atoms with E-state index in [1.54, 1.807) is 13.8 Å². The van der Waals surface area contributed by atoms with Crippen LogP contribution >= 0.6 is 10.7 Å². The lowest BCUT2D eigenvalue weighted by Gasteiger charge is -2.12. The van der Waals surface area contributed by atoms with E-state index in [9.17, 15) is 23.3 Å². The molecule has 1 N–H and O–H groups in total. The number of rotatable bonds is 5. The van der Waals surface area contributed by atoms with Crippen molar-refractivity contribution in [3.63, 3.8) is 0 Å². The number of nitrogens with one attached hydrogen (secondary N) is 1. The highest BCUT2D eigenvalue weighted by Crippen LogP contribution is 2.26. The molecule has 0 aliphatic heterocycles. The summed E-state index contributed by atoms with van der Waals surface area (Å²) in [5.74, 6) is -1.36. The molecule has 9 nitrogen and oxygen atoms in total. The number of halogens is 1. The Bertz CT molecular complexity index is 639. The van der Waals surface area contributed by atoms with Crippen LogP contribution in [0.2, 0.25) is 0 Å². The quantitative estimate of drug-likeness (QED) is 0.485. The Morgan fingerprint density at radius 1 is 1.50 bits per heavy atom. The van der Waals surface area contributed by atoms with Gasteiger partial charge in [-0.15, -0.1) is 0 Å². The largest absolute Gasteiger partial charge is 0.410 e. The molecule has 1 aromatic heterocycles. The van der Waals surface area contributed by atoms with E-state index >= 15 is 0 Å². The first-order valence-corrected chi connectivity index (χ1v) is 7.83. The number of nitrogens with zero attached hydrogens (tertiary/aromatic N) is 3. The SMILES string of the molecule is CC(C)NC(=O)C(C)n1cc(S(=O)(=O)Cl)c([N+](=O)[O-])n1. The predicted molar refractivity (Wildman–Crippen MR) is 69.9 cm³/mol. The van der Waals surface area contributed by atoms with Gasteiger partial charge in [0, 0.05) is 16.7 Å². The van der Waals surface area contributed by atoms with Crippen LogP contribution in [0.1, 0.15) is 26.8 Å². The lowest BCUT2D eigenvalue weighted by molar-refractivity contribution is -0.392. The lowest BCUT2D eigenvalue weighted by Crippen LogP contribution is -2.35. The van der Waals surface area contributed by atoms with Crippen LogP contribution in [-0.2, 0) is 13.8 Å². The zero-order valence-corrected chi connectivity index (χ0v) is 12.5. The van der Waals surface area contributed by atoms with Crippen LogP contribution in [0, 0.1) is 10.1 Å². The van der Waals surface area contributed by atoms with Gasteiger partial charge in [0.25, 0.3) is 9.05 Å². The van der Waals surface area contributed by atoms with Gasteiger partial charge in [-0.3, -0.25) is 4.79 Å². The van der Waals surface area contributed by atoms with Crippen molar-refractivity contribution in [2.24, 2.45) is 0 Å². The molecule has 1 aromatic rings. The van der Waals surface area contributed by atoms with Gasteiger partial charge in [-0.25, -0.2) is 8.42 Å². The number of hydrogen-bond donors (Lipinski definition) is 1. The summed E-state index contributed by atoms with van der Waals surface area (Å²) in [5.41, 5.74) is 0. The summed E-state index contributed by atoms with van der Waals surface area (Å²) in [4.78, 5) is 20.8. The molecule has 0 aromatic carbocycles. The average molecular weight is 325 g/mol. The van der Waals surface area contributed by atoms with Crippen LogP contribution in [0.5, 0.6) is 0 Å². The van der Waals surface area contributed by atoms with Crippen LogP contribution in [0.15, 0.2) is 11.1 Å². The minimum atomic E-state index is -4.32.